The van der Waals surface area contributed by atoms with Crippen LogP contribution < -0.4 is 5.73 Å². The molecule has 1 amide bonds. The van der Waals surface area contributed by atoms with Crippen LogP contribution in [0.25, 0.3) is 0 Å². The number of likely N-dealkylation sites (tertiary alicyclic amines) is 1. The molecule has 0 aromatic heterocycles. The highest BCUT2D eigenvalue weighted by Crippen LogP contribution is 2.20. The van der Waals surface area contributed by atoms with E-state index in [1.807, 2.05) is 6.92 Å². The van der Waals surface area contributed by atoms with Crippen molar-refractivity contribution in [2.24, 2.45) is 11.7 Å². The average Bonchev–Trinajstić information content (AvgIpc) is 2.50. The summed E-state index contributed by atoms with van der Waals surface area (Å²) in [5, 5.41) is 0. The zero-order chi connectivity index (χ0) is 9.84. The molecule has 4 nitrogen and oxygen atoms in total. The SMILES string of the molecule is COC(=O)N1CCC(CC(C)N)C1. The van der Waals surface area contributed by atoms with Crippen molar-refractivity contribution in [2.75, 3.05) is 20.2 Å². The first kappa shape index (κ1) is 10.3. The van der Waals surface area contributed by atoms with Crippen LogP contribution in [0.1, 0.15) is 19.8 Å². The van der Waals surface area contributed by atoms with Crippen LogP contribution in [-0.4, -0.2) is 37.2 Å². The molecule has 1 aliphatic heterocycles. The van der Waals surface area contributed by atoms with E-state index in [4.69, 9.17) is 5.73 Å². The van der Waals surface area contributed by atoms with E-state index < -0.39 is 0 Å². The lowest BCUT2D eigenvalue weighted by Gasteiger charge is -2.15. The molecule has 0 aliphatic carbocycles. The second-order valence-corrected chi connectivity index (χ2v) is 3.78. The van der Waals surface area contributed by atoms with Crippen LogP contribution in [-0.2, 0) is 4.74 Å². The molecule has 1 rings (SSSR count). The van der Waals surface area contributed by atoms with Gasteiger partial charge in [0, 0.05) is 19.1 Å². The van der Waals surface area contributed by atoms with E-state index in [0.29, 0.717) is 5.92 Å². The Hall–Kier alpha value is -0.770. The molecule has 2 N–H and O–H groups in total. The Kier molecular flexibility index (Phi) is 3.54. The molecule has 0 saturated carbocycles. The van der Waals surface area contributed by atoms with Gasteiger partial charge in [0.2, 0.25) is 0 Å². The first-order valence-electron chi connectivity index (χ1n) is 4.72. The van der Waals surface area contributed by atoms with Crippen LogP contribution in [0.15, 0.2) is 0 Å². The minimum absolute atomic E-state index is 0.216. The standard InChI is InChI=1S/C9H18N2O2/c1-7(10)5-8-3-4-11(6-8)9(12)13-2/h7-8H,3-6,10H2,1-2H3. The molecule has 0 spiro atoms. The lowest BCUT2D eigenvalue weighted by Crippen LogP contribution is -2.29. The van der Waals surface area contributed by atoms with Gasteiger partial charge in [-0.15, -0.1) is 0 Å². The fourth-order valence-corrected chi connectivity index (χ4v) is 1.85. The summed E-state index contributed by atoms with van der Waals surface area (Å²) in [4.78, 5) is 12.9. The molecule has 1 fully saturated rings. The monoisotopic (exact) mass is 186 g/mol. The smallest absolute Gasteiger partial charge is 0.409 e. The van der Waals surface area contributed by atoms with Crippen molar-refractivity contribution < 1.29 is 9.53 Å². The van der Waals surface area contributed by atoms with Gasteiger partial charge in [-0.05, 0) is 25.7 Å². The summed E-state index contributed by atoms with van der Waals surface area (Å²) in [7, 11) is 1.42. The largest absolute Gasteiger partial charge is 0.453 e. The van der Waals surface area contributed by atoms with Gasteiger partial charge in [-0.2, -0.15) is 0 Å². The maximum absolute atomic E-state index is 11.1. The Bertz CT molecular complexity index is 182. The molecule has 0 aromatic rings. The molecule has 2 atom stereocenters. The van der Waals surface area contributed by atoms with Crippen molar-refractivity contribution >= 4 is 6.09 Å². The van der Waals surface area contributed by atoms with Gasteiger partial charge < -0.3 is 15.4 Å². The van der Waals surface area contributed by atoms with Gasteiger partial charge in [-0.3, -0.25) is 0 Å². The average molecular weight is 186 g/mol. The van der Waals surface area contributed by atoms with Crippen LogP contribution in [0.2, 0.25) is 0 Å². The van der Waals surface area contributed by atoms with Gasteiger partial charge in [0.1, 0.15) is 0 Å². The predicted molar refractivity (Wildman–Crippen MR) is 50.4 cm³/mol. The molecular weight excluding hydrogens is 168 g/mol. The number of amides is 1. The molecule has 1 heterocycles. The molecule has 0 radical (unpaired) electrons. The Balaban J connectivity index is 2.32. The van der Waals surface area contributed by atoms with Gasteiger partial charge in [0.25, 0.3) is 0 Å². The number of nitrogens with two attached hydrogens (primary N) is 1. The third-order valence-electron chi connectivity index (χ3n) is 2.42. The lowest BCUT2D eigenvalue weighted by molar-refractivity contribution is 0.131. The van der Waals surface area contributed by atoms with E-state index in [2.05, 4.69) is 4.74 Å². The molecule has 1 saturated heterocycles. The predicted octanol–water partition coefficient (Wildman–Crippen LogP) is 0.812. The minimum Gasteiger partial charge on any atom is -0.453 e. The minimum atomic E-state index is -0.216. The van der Waals surface area contributed by atoms with E-state index in [0.717, 1.165) is 25.9 Å². The zero-order valence-corrected chi connectivity index (χ0v) is 8.32. The number of hydrogen-bond donors (Lipinski definition) is 1. The zero-order valence-electron chi connectivity index (χ0n) is 8.32. The highest BCUT2D eigenvalue weighted by atomic mass is 16.5. The van der Waals surface area contributed by atoms with Gasteiger partial charge in [-0.1, -0.05) is 0 Å². The molecule has 1 aliphatic rings. The number of rotatable bonds is 2. The Morgan fingerprint density at radius 3 is 3.00 bits per heavy atom. The van der Waals surface area contributed by atoms with Crippen LogP contribution >= 0.6 is 0 Å². The lowest BCUT2D eigenvalue weighted by atomic mass is 10.0. The summed E-state index contributed by atoms with van der Waals surface area (Å²) in [5.41, 5.74) is 5.69. The number of nitrogens with zero attached hydrogens (tertiary/aromatic N) is 1. The van der Waals surface area contributed by atoms with Crippen LogP contribution in [0.3, 0.4) is 0 Å². The molecule has 76 valence electrons. The topological polar surface area (TPSA) is 55.6 Å². The molecule has 4 heteroatoms. The van der Waals surface area contributed by atoms with E-state index in [-0.39, 0.29) is 12.1 Å². The number of carbonyl (C=O) groups excluding carboxylic acids is 1. The first-order chi connectivity index (χ1) is 6.13. The number of carbonyl (C=O) groups is 1. The summed E-state index contributed by atoms with van der Waals surface area (Å²) in [6, 6.07) is 0.225. The Morgan fingerprint density at radius 1 is 1.77 bits per heavy atom. The van der Waals surface area contributed by atoms with Crippen molar-refractivity contribution in [1.82, 2.24) is 4.90 Å². The molecule has 13 heavy (non-hydrogen) atoms. The van der Waals surface area contributed by atoms with Crippen LogP contribution in [0.5, 0.6) is 0 Å². The number of ether oxygens (including phenoxy) is 1. The van der Waals surface area contributed by atoms with Crippen molar-refractivity contribution in [1.29, 1.82) is 0 Å². The van der Waals surface area contributed by atoms with Crippen molar-refractivity contribution in [3.63, 3.8) is 0 Å². The molecule has 2 unspecified atom stereocenters. The third kappa shape index (κ3) is 2.88. The Labute approximate surface area is 79.0 Å². The van der Waals surface area contributed by atoms with Gasteiger partial charge in [0.15, 0.2) is 0 Å². The van der Waals surface area contributed by atoms with Crippen LogP contribution in [0, 0.1) is 5.92 Å². The van der Waals surface area contributed by atoms with E-state index >= 15 is 0 Å². The van der Waals surface area contributed by atoms with Gasteiger partial charge in [-0.25, -0.2) is 4.79 Å². The second kappa shape index (κ2) is 4.46. The normalized spacial score (nSPS) is 24.5. The highest BCUT2D eigenvalue weighted by molar-refractivity contribution is 5.67. The fraction of sp³-hybridized carbons (Fsp3) is 0.889. The number of methoxy groups -OCH3 is 1. The first-order valence-corrected chi connectivity index (χ1v) is 4.72. The van der Waals surface area contributed by atoms with Crippen molar-refractivity contribution in [3.8, 4) is 0 Å². The summed E-state index contributed by atoms with van der Waals surface area (Å²) in [6.07, 6.45) is 1.83. The maximum atomic E-state index is 11.1. The quantitative estimate of drug-likeness (QED) is 0.694. The van der Waals surface area contributed by atoms with E-state index in [1.165, 1.54) is 7.11 Å². The van der Waals surface area contributed by atoms with Gasteiger partial charge >= 0.3 is 6.09 Å². The second-order valence-electron chi connectivity index (χ2n) is 3.78. The highest BCUT2D eigenvalue weighted by Gasteiger charge is 2.26. The van der Waals surface area contributed by atoms with E-state index in [9.17, 15) is 4.79 Å². The summed E-state index contributed by atoms with van der Waals surface area (Å²) >= 11 is 0. The van der Waals surface area contributed by atoms with Gasteiger partial charge in [0.05, 0.1) is 7.11 Å². The molecule has 0 bridgehead atoms. The van der Waals surface area contributed by atoms with E-state index in [1.54, 1.807) is 4.90 Å². The maximum Gasteiger partial charge on any atom is 0.409 e. The third-order valence-corrected chi connectivity index (χ3v) is 2.42. The Morgan fingerprint density at radius 2 is 2.46 bits per heavy atom. The van der Waals surface area contributed by atoms with Crippen molar-refractivity contribution in [2.45, 2.75) is 25.8 Å². The molecular formula is C9H18N2O2. The number of hydrogen-bond acceptors (Lipinski definition) is 3. The summed E-state index contributed by atoms with van der Waals surface area (Å²) in [6.45, 7) is 3.61. The summed E-state index contributed by atoms with van der Waals surface area (Å²) in [5.74, 6) is 0.555. The fourth-order valence-electron chi connectivity index (χ4n) is 1.85. The van der Waals surface area contributed by atoms with Crippen LogP contribution in [0.4, 0.5) is 4.79 Å². The molecule has 0 aromatic carbocycles. The summed E-state index contributed by atoms with van der Waals surface area (Å²) < 4.78 is 4.64. The van der Waals surface area contributed by atoms with Crippen molar-refractivity contribution in [3.05, 3.63) is 0 Å².